The molecule has 0 aliphatic carbocycles. The summed E-state index contributed by atoms with van der Waals surface area (Å²) in [4.78, 5) is 0. The summed E-state index contributed by atoms with van der Waals surface area (Å²) in [6.45, 7) is 1.14. The molecule has 0 unspecified atom stereocenters. The van der Waals surface area contributed by atoms with E-state index in [1.165, 1.54) is 5.37 Å². The fourth-order valence-corrected chi connectivity index (χ4v) is 2.04. The third-order valence-electron chi connectivity index (χ3n) is 2.36. The highest BCUT2D eigenvalue weighted by Crippen LogP contribution is 2.17. The van der Waals surface area contributed by atoms with Gasteiger partial charge in [-0.25, -0.2) is 4.39 Å². The van der Waals surface area contributed by atoms with E-state index < -0.39 is 12.9 Å². The predicted molar refractivity (Wildman–Crippen MR) is 66.1 cm³/mol. The monoisotopic (exact) mass is 258 g/mol. The molecule has 0 aromatic heterocycles. The van der Waals surface area contributed by atoms with Crippen LogP contribution in [0.5, 0.6) is 0 Å². The first kappa shape index (κ1) is 12.0. The molecule has 1 aromatic rings. The second-order valence-corrected chi connectivity index (χ2v) is 4.05. The topological polar surface area (TPSA) is 18.5 Å². The zero-order valence-corrected chi connectivity index (χ0v) is 9.98. The van der Waals surface area contributed by atoms with Crippen molar-refractivity contribution in [1.82, 2.24) is 0 Å². The maximum absolute atomic E-state index is 14.0. The first-order valence-electron chi connectivity index (χ1n) is 4.90. The van der Waals surface area contributed by atoms with E-state index >= 15 is 0 Å². The van der Waals surface area contributed by atoms with Crippen molar-refractivity contribution >= 4 is 41.8 Å². The second kappa shape index (κ2) is 5.23. The molecule has 0 N–H and O–H groups in total. The summed E-state index contributed by atoms with van der Waals surface area (Å²) >= 11 is 10.5. The van der Waals surface area contributed by atoms with E-state index in [9.17, 15) is 4.39 Å². The fraction of sp³-hybridized carbons (Fsp3) is 0.300. The average Bonchev–Trinajstić information content (AvgIpc) is 2.31. The number of rotatable bonds is 2. The van der Waals surface area contributed by atoms with Gasteiger partial charge in [0, 0.05) is 29.6 Å². The van der Waals surface area contributed by atoms with Gasteiger partial charge in [0.15, 0.2) is 0 Å². The van der Waals surface area contributed by atoms with Crippen LogP contribution in [0.3, 0.4) is 0 Å². The molecule has 0 bridgehead atoms. The molecule has 1 aliphatic heterocycles. The molecule has 0 radical (unpaired) electrons. The first-order chi connectivity index (χ1) is 7.74. The maximum atomic E-state index is 14.0. The van der Waals surface area contributed by atoms with Crippen LogP contribution in [-0.2, 0) is 9.31 Å². The van der Waals surface area contributed by atoms with Gasteiger partial charge in [-0.2, -0.15) is 0 Å². The van der Waals surface area contributed by atoms with Gasteiger partial charge in [-0.15, -0.1) is 0 Å². The van der Waals surface area contributed by atoms with Crippen LogP contribution in [0.15, 0.2) is 12.1 Å². The number of halogens is 2. The van der Waals surface area contributed by atoms with Gasteiger partial charge in [-0.3, -0.25) is 0 Å². The van der Waals surface area contributed by atoms with Crippen LogP contribution in [0.1, 0.15) is 12.0 Å². The van der Waals surface area contributed by atoms with Crippen molar-refractivity contribution < 1.29 is 13.7 Å². The summed E-state index contributed by atoms with van der Waals surface area (Å²) in [6, 6.07) is 3.16. The van der Waals surface area contributed by atoms with Crippen molar-refractivity contribution in [3.05, 3.63) is 28.5 Å². The van der Waals surface area contributed by atoms with Crippen LogP contribution in [0.25, 0.3) is 0 Å². The van der Waals surface area contributed by atoms with Gasteiger partial charge >= 0.3 is 7.12 Å². The lowest BCUT2D eigenvalue weighted by molar-refractivity contribution is 0.143. The van der Waals surface area contributed by atoms with Gasteiger partial charge in [-0.05, 0) is 12.5 Å². The highest BCUT2D eigenvalue weighted by Gasteiger charge is 2.29. The van der Waals surface area contributed by atoms with Crippen LogP contribution in [0.4, 0.5) is 4.39 Å². The Morgan fingerprint density at radius 3 is 2.69 bits per heavy atom. The summed E-state index contributed by atoms with van der Waals surface area (Å²) in [5.74, 6) is -0.464. The molecule has 0 atom stereocenters. The summed E-state index contributed by atoms with van der Waals surface area (Å²) in [7, 11) is -0.653. The molecule has 1 aromatic carbocycles. The number of thiocarbonyl (C=S) groups is 1. The van der Waals surface area contributed by atoms with Gasteiger partial charge in [0.05, 0.1) is 5.02 Å². The smallest absolute Gasteiger partial charge is 0.407 e. The Morgan fingerprint density at radius 1 is 1.38 bits per heavy atom. The van der Waals surface area contributed by atoms with Crippen LogP contribution < -0.4 is 5.46 Å². The molecule has 0 spiro atoms. The highest BCUT2D eigenvalue weighted by molar-refractivity contribution is 7.79. The van der Waals surface area contributed by atoms with E-state index in [4.69, 9.17) is 33.1 Å². The van der Waals surface area contributed by atoms with Crippen molar-refractivity contribution in [2.24, 2.45) is 0 Å². The lowest BCUT2D eigenvalue weighted by atomic mass is 9.77. The van der Waals surface area contributed by atoms with Crippen LogP contribution in [0.2, 0.25) is 5.02 Å². The van der Waals surface area contributed by atoms with Crippen molar-refractivity contribution in [2.45, 2.75) is 6.42 Å². The molecule has 2 nitrogen and oxygen atoms in total. The Labute approximate surface area is 104 Å². The molecule has 16 heavy (non-hydrogen) atoms. The average molecular weight is 259 g/mol. The molecular weight excluding hydrogens is 249 g/mol. The highest BCUT2D eigenvalue weighted by atomic mass is 35.5. The van der Waals surface area contributed by atoms with Crippen LogP contribution in [0, 0.1) is 5.82 Å². The zero-order valence-electron chi connectivity index (χ0n) is 8.41. The molecule has 2 rings (SSSR count). The minimum absolute atomic E-state index is 0.215. The summed E-state index contributed by atoms with van der Waals surface area (Å²) in [5.41, 5.74) is 0.562. The third-order valence-corrected chi connectivity index (χ3v) is 2.92. The Balaban J connectivity index is 2.37. The lowest BCUT2D eigenvalue weighted by Gasteiger charge is -2.20. The van der Waals surface area contributed by atoms with Crippen LogP contribution in [-0.4, -0.2) is 25.7 Å². The Morgan fingerprint density at radius 2 is 2.06 bits per heavy atom. The van der Waals surface area contributed by atoms with Crippen molar-refractivity contribution in [1.29, 1.82) is 0 Å². The van der Waals surface area contributed by atoms with E-state index in [0.29, 0.717) is 23.7 Å². The molecule has 1 fully saturated rings. The zero-order chi connectivity index (χ0) is 11.5. The SMILES string of the molecule is Fc1c(B2OCCCO2)ccc(Cl)c1C=S. The van der Waals surface area contributed by atoms with Gasteiger partial charge in [0.1, 0.15) is 5.82 Å². The molecule has 1 heterocycles. The molecule has 6 heteroatoms. The van der Waals surface area contributed by atoms with Gasteiger partial charge < -0.3 is 9.31 Å². The van der Waals surface area contributed by atoms with Crippen molar-refractivity contribution in [3.63, 3.8) is 0 Å². The van der Waals surface area contributed by atoms with Gasteiger partial charge in [0.25, 0.3) is 0 Å². The van der Waals surface area contributed by atoms with E-state index in [1.54, 1.807) is 12.1 Å². The van der Waals surface area contributed by atoms with E-state index in [0.717, 1.165) is 6.42 Å². The largest absolute Gasteiger partial charge is 0.496 e. The number of benzene rings is 1. The summed E-state index contributed by atoms with van der Waals surface area (Å²) < 4.78 is 24.6. The summed E-state index contributed by atoms with van der Waals surface area (Å²) in [6.07, 6.45) is 0.825. The number of hydrogen-bond donors (Lipinski definition) is 0. The Hall–Kier alpha value is -0.485. The molecule has 84 valence electrons. The molecule has 1 aliphatic rings. The Kier molecular flexibility index (Phi) is 3.92. The van der Waals surface area contributed by atoms with Crippen molar-refractivity contribution in [3.8, 4) is 0 Å². The normalized spacial score (nSPS) is 16.2. The minimum Gasteiger partial charge on any atom is -0.407 e. The number of hydrogen-bond acceptors (Lipinski definition) is 3. The fourth-order valence-electron chi connectivity index (χ4n) is 1.54. The first-order valence-corrected chi connectivity index (χ1v) is 5.75. The van der Waals surface area contributed by atoms with Gasteiger partial charge in [0.2, 0.25) is 0 Å². The molecule has 0 saturated carbocycles. The third kappa shape index (κ3) is 2.27. The van der Waals surface area contributed by atoms with Crippen molar-refractivity contribution in [2.75, 3.05) is 13.2 Å². The molecule has 0 amide bonds. The predicted octanol–water partition coefficient (Wildman–Crippen LogP) is 1.96. The second-order valence-electron chi connectivity index (χ2n) is 3.41. The van der Waals surface area contributed by atoms with Gasteiger partial charge in [-0.1, -0.05) is 29.9 Å². The van der Waals surface area contributed by atoms with Crippen LogP contribution >= 0.6 is 23.8 Å². The Bertz CT molecular complexity index is 410. The van der Waals surface area contributed by atoms with E-state index in [1.807, 2.05) is 0 Å². The van der Waals surface area contributed by atoms with E-state index in [-0.39, 0.29) is 5.56 Å². The standard InChI is InChI=1S/C10H9BClFO2S/c12-9-3-2-8(10(13)7(9)6-16)11-14-4-1-5-15-11/h2-3,6H,1,4-5H2. The molecule has 1 saturated heterocycles. The summed E-state index contributed by atoms with van der Waals surface area (Å²) in [5, 5.41) is 1.52. The quantitative estimate of drug-likeness (QED) is 0.597. The minimum atomic E-state index is -0.653. The van der Waals surface area contributed by atoms with E-state index in [2.05, 4.69) is 0 Å². The maximum Gasteiger partial charge on any atom is 0.496 e. The molecular formula is C10H9BClFO2S. The lowest BCUT2D eigenvalue weighted by Crippen LogP contribution is -2.43.